The molecule has 1 aromatic heterocycles. The number of carbonyl (C=O) groups is 3. The number of halogens is 2. The van der Waals surface area contributed by atoms with E-state index >= 15 is 0 Å². The number of hydrogen-bond donors (Lipinski definition) is 4. The average Bonchev–Trinajstić information content (AvgIpc) is 3.36. The minimum atomic E-state index is -0.732. The molecule has 0 saturated heterocycles. The van der Waals surface area contributed by atoms with Crippen molar-refractivity contribution in [3.8, 4) is 22.3 Å². The second kappa shape index (κ2) is 14.9. The van der Waals surface area contributed by atoms with Crippen molar-refractivity contribution < 1.29 is 32.6 Å². The van der Waals surface area contributed by atoms with E-state index in [0.717, 1.165) is 16.5 Å². The lowest BCUT2D eigenvalue weighted by Gasteiger charge is -2.25. The molecule has 2 atom stereocenters. The quantitative estimate of drug-likeness (QED) is 0.137. The van der Waals surface area contributed by atoms with E-state index in [1.807, 2.05) is 25.1 Å². The monoisotopic (exact) mass is 662 g/mol. The van der Waals surface area contributed by atoms with Gasteiger partial charge in [-0.15, -0.1) is 0 Å². The number of aromatic amines is 1. The van der Waals surface area contributed by atoms with Gasteiger partial charge in [0.05, 0.1) is 0 Å². The smallest absolute Gasteiger partial charge is 0.407 e. The number of nitrogens with one attached hydrogen (secondary N) is 4. The molecule has 3 amide bonds. The van der Waals surface area contributed by atoms with E-state index in [1.54, 1.807) is 65.8 Å². The number of benzene rings is 3. The third-order valence-electron chi connectivity index (χ3n) is 7.28. The Bertz CT molecular complexity index is 1740. The van der Waals surface area contributed by atoms with Gasteiger partial charge in [-0.3, -0.25) is 4.79 Å². The maximum Gasteiger partial charge on any atom is 0.407 e. The first-order valence-electron chi connectivity index (χ1n) is 15.9. The Balaban J connectivity index is 1.58. The Kier molecular flexibility index (Phi) is 11.1. The second-order valence-corrected chi connectivity index (χ2v) is 13.8. The van der Waals surface area contributed by atoms with Crippen molar-refractivity contribution in [2.45, 2.75) is 84.6 Å². The van der Waals surface area contributed by atoms with Crippen LogP contribution in [0.25, 0.3) is 33.2 Å². The molecule has 256 valence electrons. The van der Waals surface area contributed by atoms with Crippen LogP contribution in [0.5, 0.6) is 0 Å². The van der Waals surface area contributed by atoms with Crippen molar-refractivity contribution in [1.82, 2.24) is 20.9 Å². The highest BCUT2D eigenvalue weighted by molar-refractivity contribution is 6.10. The van der Waals surface area contributed by atoms with Gasteiger partial charge in [0.2, 0.25) is 0 Å². The van der Waals surface area contributed by atoms with Crippen LogP contribution in [-0.2, 0) is 9.47 Å². The first-order valence-corrected chi connectivity index (χ1v) is 15.9. The molecule has 0 aliphatic carbocycles. The zero-order valence-electron chi connectivity index (χ0n) is 28.4. The number of carbonyl (C=O) groups excluding carboxylic acids is 3. The van der Waals surface area contributed by atoms with Crippen LogP contribution in [0.3, 0.4) is 0 Å². The molecule has 11 heteroatoms. The summed E-state index contributed by atoms with van der Waals surface area (Å²) in [6.45, 7) is 12.5. The van der Waals surface area contributed by atoms with Crippen LogP contribution in [0.2, 0.25) is 0 Å². The molecule has 1 heterocycles. The number of alkyl carbamates (subject to hydrolysis) is 2. The number of rotatable bonds is 10. The highest BCUT2D eigenvalue weighted by Crippen LogP contribution is 2.35. The topological polar surface area (TPSA) is 122 Å². The first-order chi connectivity index (χ1) is 22.5. The molecule has 1 unspecified atom stereocenters. The summed E-state index contributed by atoms with van der Waals surface area (Å²) in [5.74, 6) is -1.19. The lowest BCUT2D eigenvalue weighted by molar-refractivity contribution is 0.0476. The summed E-state index contributed by atoms with van der Waals surface area (Å²) in [5, 5.41) is 9.30. The van der Waals surface area contributed by atoms with Gasteiger partial charge in [0.1, 0.15) is 28.5 Å². The summed E-state index contributed by atoms with van der Waals surface area (Å²) in [6.07, 6.45) is -0.320. The third-order valence-corrected chi connectivity index (χ3v) is 7.28. The molecule has 0 radical (unpaired) electrons. The zero-order chi connectivity index (χ0) is 35.2. The second-order valence-electron chi connectivity index (χ2n) is 13.8. The van der Waals surface area contributed by atoms with E-state index < -0.39 is 41.2 Å². The van der Waals surface area contributed by atoms with Crippen LogP contribution in [0.1, 0.15) is 71.8 Å². The van der Waals surface area contributed by atoms with Crippen LogP contribution in [0.4, 0.5) is 18.4 Å². The maximum atomic E-state index is 13.9. The fourth-order valence-electron chi connectivity index (χ4n) is 5.14. The predicted molar refractivity (Wildman–Crippen MR) is 183 cm³/mol. The molecule has 0 spiro atoms. The van der Waals surface area contributed by atoms with Gasteiger partial charge in [-0.25, -0.2) is 18.4 Å². The van der Waals surface area contributed by atoms with Crippen LogP contribution in [0.15, 0.2) is 66.7 Å². The van der Waals surface area contributed by atoms with Crippen molar-refractivity contribution in [1.29, 1.82) is 0 Å². The fourth-order valence-corrected chi connectivity index (χ4v) is 5.14. The SMILES string of the molecule is CC(CC[C@@H](CNC(=O)c1[nH]c2cc(-c3ccc(F)cc3)ccc2c1-c1ccc(F)cc1)NC(=O)OC(C)(C)C)NC(=O)OC(C)(C)C. The standard InChI is InChI=1S/C37H44F2N4O5/c1-22(41-34(45)47-36(2,3)4)8-18-28(42-35(46)48-37(5,6)7)21-40-33(44)32-31(24-11-16-27(39)17-12-24)29-19-13-25(20-30(29)43-32)23-9-14-26(38)15-10-23/h9-17,19-20,22,28,43H,8,18,21H2,1-7H3,(H,40,44)(H,41,45)(H,42,46)/t22?,28-/m0/s1. The van der Waals surface area contributed by atoms with Crippen LogP contribution >= 0.6 is 0 Å². The summed E-state index contributed by atoms with van der Waals surface area (Å²) >= 11 is 0. The number of ether oxygens (including phenoxy) is 2. The molecule has 4 aromatic rings. The number of amides is 3. The summed E-state index contributed by atoms with van der Waals surface area (Å²) in [6, 6.07) is 16.8. The summed E-state index contributed by atoms with van der Waals surface area (Å²) < 4.78 is 38.2. The number of hydrogen-bond acceptors (Lipinski definition) is 5. The van der Waals surface area contributed by atoms with E-state index in [-0.39, 0.29) is 24.1 Å². The van der Waals surface area contributed by atoms with E-state index in [1.165, 1.54) is 24.3 Å². The normalized spacial score (nSPS) is 13.0. The Hall–Kier alpha value is -4.93. The largest absolute Gasteiger partial charge is 0.444 e. The van der Waals surface area contributed by atoms with Gasteiger partial charge in [0, 0.05) is 35.1 Å². The first kappa shape index (κ1) is 35.9. The molecular formula is C37H44F2N4O5. The van der Waals surface area contributed by atoms with E-state index in [2.05, 4.69) is 20.9 Å². The Morgan fingerprint density at radius 3 is 1.81 bits per heavy atom. The van der Waals surface area contributed by atoms with Crippen LogP contribution < -0.4 is 16.0 Å². The predicted octanol–water partition coefficient (Wildman–Crippen LogP) is 8.10. The van der Waals surface area contributed by atoms with E-state index in [4.69, 9.17) is 9.47 Å². The van der Waals surface area contributed by atoms with Gasteiger partial charge in [0.25, 0.3) is 5.91 Å². The van der Waals surface area contributed by atoms with Gasteiger partial charge < -0.3 is 30.4 Å². The van der Waals surface area contributed by atoms with Gasteiger partial charge >= 0.3 is 12.2 Å². The lowest BCUT2D eigenvalue weighted by Crippen LogP contribution is -2.46. The Morgan fingerprint density at radius 1 is 0.729 bits per heavy atom. The van der Waals surface area contributed by atoms with Gasteiger partial charge in [-0.1, -0.05) is 36.4 Å². The molecule has 0 bridgehead atoms. The zero-order valence-corrected chi connectivity index (χ0v) is 28.4. The molecular weight excluding hydrogens is 618 g/mol. The van der Waals surface area contributed by atoms with Crippen molar-refractivity contribution in [3.05, 3.63) is 84.1 Å². The van der Waals surface area contributed by atoms with E-state index in [9.17, 15) is 23.2 Å². The summed E-state index contributed by atoms with van der Waals surface area (Å²) in [5.41, 5.74) is 2.37. The van der Waals surface area contributed by atoms with Crippen LogP contribution in [-0.4, -0.2) is 52.9 Å². The summed E-state index contributed by atoms with van der Waals surface area (Å²) in [4.78, 5) is 42.0. The molecule has 0 saturated carbocycles. The molecule has 3 aromatic carbocycles. The molecule has 0 fully saturated rings. The molecule has 9 nitrogen and oxygen atoms in total. The van der Waals surface area contributed by atoms with Gasteiger partial charge in [-0.2, -0.15) is 0 Å². The maximum absolute atomic E-state index is 13.9. The van der Waals surface area contributed by atoms with E-state index in [0.29, 0.717) is 29.5 Å². The van der Waals surface area contributed by atoms with Crippen molar-refractivity contribution >= 4 is 29.0 Å². The van der Waals surface area contributed by atoms with Gasteiger partial charge in [-0.05, 0) is 108 Å². The fraction of sp³-hybridized carbons (Fsp3) is 0.378. The Morgan fingerprint density at radius 2 is 1.25 bits per heavy atom. The molecule has 0 aliphatic rings. The molecule has 4 N–H and O–H groups in total. The minimum absolute atomic E-state index is 0.0519. The van der Waals surface area contributed by atoms with Crippen molar-refractivity contribution in [2.24, 2.45) is 0 Å². The van der Waals surface area contributed by atoms with Crippen molar-refractivity contribution in [2.75, 3.05) is 6.54 Å². The Labute approximate surface area is 279 Å². The minimum Gasteiger partial charge on any atom is -0.444 e. The molecule has 4 rings (SSSR count). The van der Waals surface area contributed by atoms with Crippen LogP contribution in [0, 0.1) is 11.6 Å². The molecule has 48 heavy (non-hydrogen) atoms. The highest BCUT2D eigenvalue weighted by Gasteiger charge is 2.24. The average molecular weight is 663 g/mol. The van der Waals surface area contributed by atoms with Crippen molar-refractivity contribution in [3.63, 3.8) is 0 Å². The van der Waals surface area contributed by atoms with Gasteiger partial charge in [0.15, 0.2) is 0 Å². The number of H-pyrrole nitrogens is 1. The third kappa shape index (κ3) is 10.3. The highest BCUT2D eigenvalue weighted by atomic mass is 19.1. The molecule has 0 aliphatic heterocycles. The summed E-state index contributed by atoms with van der Waals surface area (Å²) in [7, 11) is 0. The lowest BCUT2D eigenvalue weighted by atomic mass is 9.99. The number of fused-ring (bicyclic) bond motifs is 1. The number of aromatic nitrogens is 1.